The van der Waals surface area contributed by atoms with Gasteiger partial charge in [0.25, 0.3) is 8.32 Å². The minimum absolute atomic E-state index is 0.0240. The molecular formula is C27H31BrOSi. The Morgan fingerprint density at radius 1 is 0.800 bits per heavy atom. The van der Waals surface area contributed by atoms with Gasteiger partial charge >= 0.3 is 0 Å². The second kappa shape index (κ2) is 10.4. The van der Waals surface area contributed by atoms with Crippen molar-refractivity contribution in [3.8, 4) is 0 Å². The number of aryl methyl sites for hydroxylation is 1. The first-order valence-electron chi connectivity index (χ1n) is 10.6. The quantitative estimate of drug-likeness (QED) is 0.337. The summed E-state index contributed by atoms with van der Waals surface area (Å²) in [6.07, 6.45) is 4.11. The molecule has 30 heavy (non-hydrogen) atoms. The topological polar surface area (TPSA) is 9.23 Å². The van der Waals surface area contributed by atoms with E-state index in [-0.39, 0.29) is 11.1 Å². The molecule has 0 fully saturated rings. The van der Waals surface area contributed by atoms with Crippen molar-refractivity contribution in [2.75, 3.05) is 0 Å². The third-order valence-electron chi connectivity index (χ3n) is 5.59. The fraction of sp³-hybridized carbons (Fsp3) is 0.259. The van der Waals surface area contributed by atoms with Crippen molar-refractivity contribution in [1.29, 1.82) is 0 Å². The van der Waals surface area contributed by atoms with Crippen LogP contribution in [0.3, 0.4) is 0 Å². The van der Waals surface area contributed by atoms with Gasteiger partial charge in [0, 0.05) is 0 Å². The fourth-order valence-electron chi connectivity index (χ4n) is 4.15. The number of hydrogen-bond donors (Lipinski definition) is 0. The fourth-order valence-corrected chi connectivity index (χ4v) is 9.15. The van der Waals surface area contributed by atoms with Gasteiger partial charge in [0.15, 0.2) is 0 Å². The number of halogens is 1. The van der Waals surface area contributed by atoms with Gasteiger partial charge in [-0.3, -0.25) is 0 Å². The molecule has 1 unspecified atom stereocenters. The molecule has 0 radical (unpaired) electrons. The van der Waals surface area contributed by atoms with Crippen molar-refractivity contribution < 1.29 is 4.43 Å². The predicted octanol–water partition coefficient (Wildman–Crippen LogP) is 6.47. The van der Waals surface area contributed by atoms with Gasteiger partial charge in [-0.2, -0.15) is 0 Å². The van der Waals surface area contributed by atoms with Gasteiger partial charge in [-0.1, -0.05) is 134 Å². The van der Waals surface area contributed by atoms with Gasteiger partial charge in [-0.05, 0) is 38.8 Å². The summed E-state index contributed by atoms with van der Waals surface area (Å²) in [5.74, 6) is 0. The van der Waals surface area contributed by atoms with E-state index in [9.17, 15) is 0 Å². The summed E-state index contributed by atoms with van der Waals surface area (Å²) >= 11 is 3.50. The van der Waals surface area contributed by atoms with Crippen LogP contribution in [0.15, 0.2) is 102 Å². The summed E-state index contributed by atoms with van der Waals surface area (Å²) in [5, 5.41) is 2.61. The Hall–Kier alpha value is -1.94. The van der Waals surface area contributed by atoms with Crippen molar-refractivity contribution in [3.05, 3.63) is 108 Å². The van der Waals surface area contributed by atoms with E-state index in [1.165, 1.54) is 15.9 Å². The van der Waals surface area contributed by atoms with Crippen molar-refractivity contribution >= 4 is 34.6 Å². The zero-order valence-electron chi connectivity index (χ0n) is 18.1. The van der Waals surface area contributed by atoms with Crippen LogP contribution in [0, 0.1) is 0 Å². The van der Waals surface area contributed by atoms with Crippen molar-refractivity contribution in [3.63, 3.8) is 0 Å². The van der Waals surface area contributed by atoms with Crippen LogP contribution in [-0.4, -0.2) is 14.4 Å². The summed E-state index contributed by atoms with van der Waals surface area (Å²) in [6, 6.07) is 32.4. The highest BCUT2D eigenvalue weighted by atomic mass is 79.9. The Balaban J connectivity index is 2.04. The molecule has 0 amide bonds. The second-order valence-corrected chi connectivity index (χ2v) is 13.4. The van der Waals surface area contributed by atoms with Gasteiger partial charge < -0.3 is 4.43 Å². The first-order chi connectivity index (χ1) is 14.5. The van der Waals surface area contributed by atoms with E-state index in [0.29, 0.717) is 0 Å². The molecule has 3 heteroatoms. The summed E-state index contributed by atoms with van der Waals surface area (Å²) in [6.45, 7) is 6.97. The summed E-state index contributed by atoms with van der Waals surface area (Å²) in [7, 11) is -2.56. The lowest BCUT2D eigenvalue weighted by Crippen LogP contribution is -2.67. The van der Waals surface area contributed by atoms with Crippen molar-refractivity contribution in [1.82, 2.24) is 0 Å². The van der Waals surface area contributed by atoms with E-state index in [2.05, 4.69) is 134 Å². The van der Waals surface area contributed by atoms with Crippen LogP contribution in [-0.2, 0) is 10.8 Å². The SMILES string of the molecule is CC(C)(C)[Si](OC(/C=C\Br)CCc1ccccc1)(c1ccccc1)c1ccccc1. The van der Waals surface area contributed by atoms with E-state index >= 15 is 0 Å². The summed E-state index contributed by atoms with van der Waals surface area (Å²) in [4.78, 5) is 1.94. The molecule has 0 aromatic heterocycles. The largest absolute Gasteiger partial charge is 0.401 e. The maximum atomic E-state index is 7.26. The van der Waals surface area contributed by atoms with Crippen LogP contribution in [0.1, 0.15) is 32.8 Å². The molecule has 3 rings (SSSR count). The van der Waals surface area contributed by atoms with Crippen LogP contribution in [0.4, 0.5) is 0 Å². The molecule has 0 aliphatic heterocycles. The molecule has 156 valence electrons. The van der Waals surface area contributed by atoms with Crippen molar-refractivity contribution in [2.45, 2.75) is 44.8 Å². The zero-order chi connectivity index (χ0) is 21.5. The third kappa shape index (κ3) is 5.21. The maximum absolute atomic E-state index is 7.26. The van der Waals surface area contributed by atoms with Crippen LogP contribution >= 0.6 is 15.9 Å². The van der Waals surface area contributed by atoms with E-state index in [4.69, 9.17) is 4.43 Å². The predicted molar refractivity (Wildman–Crippen MR) is 135 cm³/mol. The number of rotatable bonds is 8. The molecule has 0 aliphatic rings. The maximum Gasteiger partial charge on any atom is 0.261 e. The molecule has 0 N–H and O–H groups in total. The van der Waals surface area contributed by atoms with E-state index in [0.717, 1.165) is 12.8 Å². The Labute approximate surface area is 191 Å². The standard InChI is InChI=1S/C27H31BrOSi/c1-27(2,3)30(25-15-9-5-10-16-25,26-17-11-6-12-18-26)29-24(21-22-28)20-19-23-13-7-4-8-14-23/h4-18,21-22,24H,19-20H2,1-3H3/b22-21-. The van der Waals surface area contributed by atoms with Gasteiger partial charge in [0.1, 0.15) is 0 Å². The summed E-state index contributed by atoms with van der Waals surface area (Å²) in [5.41, 5.74) is 1.34. The lowest BCUT2D eigenvalue weighted by atomic mass is 10.1. The van der Waals surface area contributed by atoms with Gasteiger partial charge in [-0.15, -0.1) is 0 Å². The lowest BCUT2D eigenvalue weighted by molar-refractivity contribution is 0.223. The average Bonchev–Trinajstić information content (AvgIpc) is 2.77. The molecule has 0 spiro atoms. The Morgan fingerprint density at radius 2 is 1.27 bits per heavy atom. The molecule has 0 heterocycles. The molecule has 3 aromatic carbocycles. The smallest absolute Gasteiger partial charge is 0.261 e. The van der Waals surface area contributed by atoms with Gasteiger partial charge in [-0.25, -0.2) is 0 Å². The zero-order valence-corrected chi connectivity index (χ0v) is 20.7. The normalized spacial score (nSPS) is 13.5. The Bertz CT molecular complexity index is 878. The third-order valence-corrected chi connectivity index (χ3v) is 11.0. The highest BCUT2D eigenvalue weighted by Crippen LogP contribution is 2.38. The molecular weight excluding hydrogens is 448 g/mol. The van der Waals surface area contributed by atoms with Crippen molar-refractivity contribution in [2.24, 2.45) is 0 Å². The first kappa shape index (κ1) is 22.7. The van der Waals surface area contributed by atoms with E-state index in [1.54, 1.807) is 0 Å². The molecule has 0 saturated carbocycles. The minimum Gasteiger partial charge on any atom is -0.401 e. The molecule has 0 aliphatic carbocycles. The van der Waals surface area contributed by atoms with E-state index < -0.39 is 8.32 Å². The van der Waals surface area contributed by atoms with Crippen LogP contribution in [0.25, 0.3) is 0 Å². The minimum atomic E-state index is -2.56. The molecule has 3 aromatic rings. The van der Waals surface area contributed by atoms with Crippen LogP contribution in [0.2, 0.25) is 5.04 Å². The average molecular weight is 480 g/mol. The highest BCUT2D eigenvalue weighted by Gasteiger charge is 2.51. The second-order valence-electron chi connectivity index (χ2n) is 8.66. The first-order valence-corrected chi connectivity index (χ1v) is 13.4. The van der Waals surface area contributed by atoms with Gasteiger partial charge in [0.2, 0.25) is 0 Å². The monoisotopic (exact) mass is 478 g/mol. The number of hydrogen-bond acceptors (Lipinski definition) is 1. The van der Waals surface area contributed by atoms with Crippen LogP contribution in [0.5, 0.6) is 0 Å². The molecule has 1 nitrogen and oxygen atoms in total. The van der Waals surface area contributed by atoms with E-state index in [1.807, 2.05) is 4.99 Å². The Morgan fingerprint density at radius 3 is 1.70 bits per heavy atom. The molecule has 1 atom stereocenters. The van der Waals surface area contributed by atoms with Crippen LogP contribution < -0.4 is 10.4 Å². The molecule has 0 bridgehead atoms. The highest BCUT2D eigenvalue weighted by molar-refractivity contribution is 9.11. The number of benzene rings is 3. The van der Waals surface area contributed by atoms with Gasteiger partial charge in [0.05, 0.1) is 6.10 Å². The lowest BCUT2D eigenvalue weighted by Gasteiger charge is -2.44. The Kier molecular flexibility index (Phi) is 7.87. The summed E-state index contributed by atoms with van der Waals surface area (Å²) < 4.78 is 7.26. The molecule has 0 saturated heterocycles.